The second-order valence-corrected chi connectivity index (χ2v) is 8.25. The molecule has 7 atom stereocenters. The lowest BCUT2D eigenvalue weighted by atomic mass is 9.45. The van der Waals surface area contributed by atoms with Crippen molar-refractivity contribution in [2.24, 2.45) is 40.4 Å². The third-order valence-corrected chi connectivity index (χ3v) is 7.20. The first-order chi connectivity index (χ1) is 10.8. The molecule has 3 aliphatic carbocycles. The molecule has 4 nitrogen and oxygen atoms in total. The third kappa shape index (κ3) is 1.41. The minimum atomic E-state index is -0.563. The lowest BCUT2D eigenvalue weighted by Gasteiger charge is -2.56. The molecule has 4 rings (SSSR count). The second-order valence-electron chi connectivity index (χ2n) is 8.25. The Morgan fingerprint density at radius 2 is 2.00 bits per heavy atom. The van der Waals surface area contributed by atoms with Crippen molar-refractivity contribution >= 4 is 18.0 Å². The molecule has 0 bridgehead atoms. The van der Waals surface area contributed by atoms with Crippen molar-refractivity contribution in [1.82, 2.24) is 0 Å². The zero-order valence-corrected chi connectivity index (χ0v) is 13.7. The quantitative estimate of drug-likeness (QED) is 0.446. The van der Waals surface area contributed by atoms with E-state index in [0.717, 1.165) is 6.29 Å². The molecule has 0 radical (unpaired) electrons. The number of ether oxygens (including phenoxy) is 1. The second kappa shape index (κ2) is 4.22. The summed E-state index contributed by atoms with van der Waals surface area (Å²) in [6.45, 7) is 9.99. The first-order valence-electron chi connectivity index (χ1n) is 8.33. The van der Waals surface area contributed by atoms with Crippen LogP contribution in [0.5, 0.6) is 0 Å². The number of aldehydes is 1. The monoisotopic (exact) mass is 314 g/mol. The number of esters is 1. The molecule has 0 N–H and O–H groups in total. The molecule has 4 aliphatic rings. The maximum atomic E-state index is 13.1. The van der Waals surface area contributed by atoms with Crippen molar-refractivity contribution < 1.29 is 19.1 Å². The minimum Gasteiger partial charge on any atom is -0.458 e. The summed E-state index contributed by atoms with van der Waals surface area (Å²) in [6, 6.07) is 0. The van der Waals surface area contributed by atoms with Crippen LogP contribution in [0, 0.1) is 40.4 Å². The highest BCUT2D eigenvalue weighted by molar-refractivity contribution is 5.95. The van der Waals surface area contributed by atoms with Crippen LogP contribution in [0.15, 0.2) is 24.3 Å². The van der Waals surface area contributed by atoms with Crippen molar-refractivity contribution in [2.45, 2.75) is 33.3 Å². The number of ketones is 1. The molecule has 122 valence electrons. The Morgan fingerprint density at radius 3 is 2.61 bits per heavy atom. The summed E-state index contributed by atoms with van der Waals surface area (Å²) >= 11 is 0. The lowest BCUT2D eigenvalue weighted by molar-refractivity contribution is -0.158. The van der Waals surface area contributed by atoms with Gasteiger partial charge >= 0.3 is 5.97 Å². The zero-order chi connectivity index (χ0) is 16.7. The molecule has 3 fully saturated rings. The van der Waals surface area contributed by atoms with Crippen LogP contribution in [0.25, 0.3) is 0 Å². The Labute approximate surface area is 136 Å². The van der Waals surface area contributed by atoms with Gasteiger partial charge in [0.1, 0.15) is 18.2 Å². The molecular weight excluding hydrogens is 292 g/mol. The van der Waals surface area contributed by atoms with Crippen LogP contribution >= 0.6 is 0 Å². The standard InChI is InChI=1S/C19H22O4/c1-5-12-18(2,3)16(21)10-7-6-9-13-14(10)19(12,4)11(8-20)15(13)23-17(9)22/h5-6,8,10-15H,1,7H2,2-4H3/t10-,11-,12+,13+,14-,15-,19-/m1/s1. The maximum absolute atomic E-state index is 13.1. The molecule has 1 aliphatic heterocycles. The molecular formula is C19H22O4. The fourth-order valence-electron chi connectivity index (χ4n) is 6.41. The lowest BCUT2D eigenvalue weighted by Crippen LogP contribution is -2.58. The molecule has 0 aromatic rings. The molecule has 0 amide bonds. The summed E-state index contributed by atoms with van der Waals surface area (Å²) in [6.07, 6.45) is 4.81. The number of Topliss-reactive ketones (excluding diaryl/α,β-unsaturated/α-hetero) is 1. The van der Waals surface area contributed by atoms with Gasteiger partial charge in [-0.1, -0.05) is 32.9 Å². The number of carbonyl (C=O) groups excluding carboxylic acids is 3. The molecule has 0 aromatic carbocycles. The summed E-state index contributed by atoms with van der Waals surface area (Å²) in [5.74, 6) is -0.848. The third-order valence-electron chi connectivity index (χ3n) is 7.20. The van der Waals surface area contributed by atoms with Gasteiger partial charge in [-0.2, -0.15) is 0 Å². The van der Waals surface area contributed by atoms with E-state index in [2.05, 4.69) is 13.5 Å². The first-order valence-corrected chi connectivity index (χ1v) is 8.33. The van der Waals surface area contributed by atoms with E-state index in [-0.39, 0.29) is 41.3 Å². The average molecular weight is 314 g/mol. The number of allylic oxidation sites excluding steroid dienone is 2. The van der Waals surface area contributed by atoms with Crippen LogP contribution in [-0.2, 0) is 19.1 Å². The predicted molar refractivity (Wildman–Crippen MR) is 83.2 cm³/mol. The Hall–Kier alpha value is -1.71. The van der Waals surface area contributed by atoms with Gasteiger partial charge in [0.15, 0.2) is 0 Å². The van der Waals surface area contributed by atoms with E-state index in [1.807, 2.05) is 26.0 Å². The Morgan fingerprint density at radius 1 is 1.30 bits per heavy atom. The maximum Gasteiger partial charge on any atom is 0.334 e. The Kier molecular flexibility index (Phi) is 2.73. The largest absolute Gasteiger partial charge is 0.458 e. The van der Waals surface area contributed by atoms with Gasteiger partial charge in [-0.3, -0.25) is 4.79 Å². The summed E-state index contributed by atoms with van der Waals surface area (Å²) in [4.78, 5) is 37.2. The van der Waals surface area contributed by atoms with Gasteiger partial charge in [-0.25, -0.2) is 4.79 Å². The van der Waals surface area contributed by atoms with Gasteiger partial charge in [-0.05, 0) is 23.7 Å². The van der Waals surface area contributed by atoms with E-state index in [1.165, 1.54) is 0 Å². The highest BCUT2D eigenvalue weighted by Gasteiger charge is 2.73. The number of hydrogen-bond acceptors (Lipinski definition) is 4. The molecule has 23 heavy (non-hydrogen) atoms. The molecule has 0 aromatic heterocycles. The van der Waals surface area contributed by atoms with E-state index in [4.69, 9.17) is 4.74 Å². The topological polar surface area (TPSA) is 60.4 Å². The van der Waals surface area contributed by atoms with Crippen molar-refractivity contribution in [3.8, 4) is 0 Å². The number of rotatable bonds is 2. The van der Waals surface area contributed by atoms with Gasteiger partial charge in [-0.15, -0.1) is 6.58 Å². The van der Waals surface area contributed by atoms with Gasteiger partial charge in [0.05, 0.1) is 5.92 Å². The van der Waals surface area contributed by atoms with Crippen molar-refractivity contribution in [2.75, 3.05) is 0 Å². The van der Waals surface area contributed by atoms with E-state index in [1.54, 1.807) is 0 Å². The van der Waals surface area contributed by atoms with Crippen molar-refractivity contribution in [3.05, 3.63) is 24.3 Å². The Bertz CT molecular complexity index is 673. The van der Waals surface area contributed by atoms with Gasteiger partial charge < -0.3 is 9.53 Å². The van der Waals surface area contributed by atoms with Gasteiger partial charge in [0, 0.05) is 22.8 Å². The van der Waals surface area contributed by atoms with Crippen molar-refractivity contribution in [3.63, 3.8) is 0 Å². The summed E-state index contributed by atoms with van der Waals surface area (Å²) in [7, 11) is 0. The van der Waals surface area contributed by atoms with Crippen LogP contribution < -0.4 is 0 Å². The van der Waals surface area contributed by atoms with Crippen LogP contribution in [0.4, 0.5) is 0 Å². The van der Waals surface area contributed by atoms with Gasteiger partial charge in [0.2, 0.25) is 0 Å². The van der Waals surface area contributed by atoms with Crippen LogP contribution in [-0.4, -0.2) is 24.1 Å². The molecule has 0 unspecified atom stereocenters. The van der Waals surface area contributed by atoms with Crippen LogP contribution in [0.1, 0.15) is 27.2 Å². The molecule has 0 spiro atoms. The highest BCUT2D eigenvalue weighted by Crippen LogP contribution is 2.70. The van der Waals surface area contributed by atoms with Crippen LogP contribution in [0.2, 0.25) is 0 Å². The van der Waals surface area contributed by atoms with Gasteiger partial charge in [0.25, 0.3) is 0 Å². The zero-order valence-electron chi connectivity index (χ0n) is 13.7. The summed E-state index contributed by atoms with van der Waals surface area (Å²) < 4.78 is 5.59. The normalized spacial score (nSPS) is 49.3. The summed E-state index contributed by atoms with van der Waals surface area (Å²) in [5.41, 5.74) is -0.282. The van der Waals surface area contributed by atoms with E-state index >= 15 is 0 Å². The molecule has 1 heterocycles. The SMILES string of the molecule is C=C[C@H]1C(C)(C)C(=O)[C@@H]2CC=C3C(=O)O[C@H]4[C@@H]3[C@@H]2[C@]1(C)[C@@H]4C=O. The Balaban J connectivity index is 1.98. The number of hydrogen-bond donors (Lipinski definition) is 0. The predicted octanol–water partition coefficient (Wildman–Crippen LogP) is 2.34. The fourth-order valence-corrected chi connectivity index (χ4v) is 6.41. The number of carbonyl (C=O) groups is 3. The molecule has 1 saturated heterocycles. The fraction of sp³-hybridized carbons (Fsp3) is 0.632. The van der Waals surface area contributed by atoms with E-state index < -0.39 is 16.9 Å². The van der Waals surface area contributed by atoms with Crippen LogP contribution in [0.3, 0.4) is 0 Å². The smallest absolute Gasteiger partial charge is 0.334 e. The average Bonchev–Trinajstić information content (AvgIpc) is 2.94. The van der Waals surface area contributed by atoms with E-state index in [0.29, 0.717) is 12.0 Å². The highest BCUT2D eigenvalue weighted by atomic mass is 16.6. The molecule has 2 saturated carbocycles. The van der Waals surface area contributed by atoms with E-state index in [9.17, 15) is 14.4 Å². The minimum absolute atomic E-state index is 0.0160. The summed E-state index contributed by atoms with van der Waals surface area (Å²) in [5, 5.41) is 0. The first kappa shape index (κ1) is 14.9. The molecule has 4 heteroatoms. The van der Waals surface area contributed by atoms with Crippen molar-refractivity contribution in [1.29, 1.82) is 0 Å².